The number of hydrogen-bond donors (Lipinski definition) is 3. The van der Waals surface area contributed by atoms with Crippen LogP contribution >= 0.6 is 0 Å². The standard InChI is InChI=1S/C20H34O5.C12H23N/c1-2-3-6-9-15(21)12-13-17-16(18(22)14-19(17)23)10-7-4-5-8-11-20(24)25;1-3-7-11(8-4-1)13-12-9-5-2-6-10-12/h16-17,19,23H,2-14H2,1H3,(H,24,25);11-13H,1-10H2/t16-,17-,19-;/m1./s1. The van der Waals surface area contributed by atoms with Crippen molar-refractivity contribution < 1.29 is 24.6 Å². The maximum Gasteiger partial charge on any atom is 0.303 e. The third-order valence-corrected chi connectivity index (χ3v) is 8.99. The van der Waals surface area contributed by atoms with E-state index in [1.165, 1.54) is 64.2 Å². The van der Waals surface area contributed by atoms with Gasteiger partial charge in [-0.25, -0.2) is 0 Å². The van der Waals surface area contributed by atoms with E-state index in [2.05, 4.69) is 12.2 Å². The lowest BCUT2D eigenvalue weighted by Crippen LogP contribution is -2.40. The summed E-state index contributed by atoms with van der Waals surface area (Å²) in [5.74, 6) is -0.605. The van der Waals surface area contributed by atoms with Gasteiger partial charge in [0.05, 0.1) is 6.10 Å². The second kappa shape index (κ2) is 19.7. The third kappa shape index (κ3) is 13.7. The Morgan fingerprint density at radius 2 is 1.34 bits per heavy atom. The number of aliphatic hydroxyl groups is 1. The molecule has 0 saturated heterocycles. The highest BCUT2D eigenvalue weighted by atomic mass is 16.4. The minimum Gasteiger partial charge on any atom is -0.481 e. The van der Waals surface area contributed by atoms with Crippen LogP contribution in [0.1, 0.15) is 155 Å². The predicted octanol–water partition coefficient (Wildman–Crippen LogP) is 7.15. The van der Waals surface area contributed by atoms with Crippen LogP contribution in [0.15, 0.2) is 0 Å². The van der Waals surface area contributed by atoms with Crippen LogP contribution in [0.3, 0.4) is 0 Å². The van der Waals surface area contributed by atoms with Crippen molar-refractivity contribution >= 4 is 17.5 Å². The second-order valence-corrected chi connectivity index (χ2v) is 12.2. The third-order valence-electron chi connectivity index (χ3n) is 8.99. The molecule has 220 valence electrons. The molecule has 3 fully saturated rings. The average Bonchev–Trinajstić information content (AvgIpc) is 3.18. The highest BCUT2D eigenvalue weighted by Gasteiger charge is 2.40. The number of carboxylic acid groups (broad SMARTS) is 1. The van der Waals surface area contributed by atoms with E-state index in [-0.39, 0.29) is 36.2 Å². The molecular formula is C32H57NO5. The van der Waals surface area contributed by atoms with Crippen molar-refractivity contribution in [3.63, 3.8) is 0 Å². The monoisotopic (exact) mass is 535 g/mol. The highest BCUT2D eigenvalue weighted by molar-refractivity contribution is 5.84. The van der Waals surface area contributed by atoms with E-state index in [9.17, 15) is 19.5 Å². The van der Waals surface area contributed by atoms with E-state index in [1.807, 2.05) is 0 Å². The molecule has 0 unspecified atom stereocenters. The number of carboxylic acids is 1. The summed E-state index contributed by atoms with van der Waals surface area (Å²) in [6.45, 7) is 2.11. The molecule has 0 amide bonds. The normalized spacial score (nSPS) is 24.7. The molecule has 0 aromatic rings. The van der Waals surface area contributed by atoms with Crippen LogP contribution in [0, 0.1) is 11.8 Å². The first-order valence-corrected chi connectivity index (χ1v) is 16.1. The first-order valence-electron chi connectivity index (χ1n) is 16.1. The van der Waals surface area contributed by atoms with Crippen molar-refractivity contribution in [2.45, 2.75) is 173 Å². The second-order valence-electron chi connectivity index (χ2n) is 12.2. The van der Waals surface area contributed by atoms with Crippen LogP contribution in [0.4, 0.5) is 0 Å². The van der Waals surface area contributed by atoms with Crippen molar-refractivity contribution in [1.29, 1.82) is 0 Å². The summed E-state index contributed by atoms with van der Waals surface area (Å²) in [7, 11) is 0. The fraction of sp³-hybridized carbons (Fsp3) is 0.906. The number of nitrogens with one attached hydrogen (secondary N) is 1. The van der Waals surface area contributed by atoms with Crippen molar-refractivity contribution in [1.82, 2.24) is 5.32 Å². The van der Waals surface area contributed by atoms with Gasteiger partial charge in [-0.1, -0.05) is 77.6 Å². The molecule has 0 aliphatic heterocycles. The number of carbonyl (C=O) groups is 3. The Morgan fingerprint density at radius 3 is 1.92 bits per heavy atom. The highest BCUT2D eigenvalue weighted by Crippen LogP contribution is 2.36. The molecule has 3 N–H and O–H groups in total. The van der Waals surface area contributed by atoms with Crippen molar-refractivity contribution in [2.75, 3.05) is 0 Å². The molecule has 0 heterocycles. The molecular weight excluding hydrogens is 478 g/mol. The van der Waals surface area contributed by atoms with Crippen molar-refractivity contribution in [3.05, 3.63) is 0 Å². The largest absolute Gasteiger partial charge is 0.481 e. The van der Waals surface area contributed by atoms with Crippen LogP contribution in [0.2, 0.25) is 0 Å². The van der Waals surface area contributed by atoms with E-state index in [0.717, 1.165) is 57.0 Å². The van der Waals surface area contributed by atoms with E-state index in [1.54, 1.807) is 0 Å². The smallest absolute Gasteiger partial charge is 0.303 e. The predicted molar refractivity (Wildman–Crippen MR) is 153 cm³/mol. The van der Waals surface area contributed by atoms with Gasteiger partial charge in [0.25, 0.3) is 0 Å². The van der Waals surface area contributed by atoms with Gasteiger partial charge in [-0.3, -0.25) is 14.4 Å². The quantitative estimate of drug-likeness (QED) is 0.181. The molecule has 3 aliphatic rings. The van der Waals surface area contributed by atoms with Gasteiger partial charge in [-0.15, -0.1) is 0 Å². The van der Waals surface area contributed by atoms with Gasteiger partial charge < -0.3 is 15.5 Å². The fourth-order valence-electron chi connectivity index (χ4n) is 6.68. The maximum atomic E-state index is 12.1. The molecule has 0 aromatic carbocycles. The van der Waals surface area contributed by atoms with E-state index in [4.69, 9.17) is 5.11 Å². The van der Waals surface area contributed by atoms with Gasteiger partial charge in [0.1, 0.15) is 11.6 Å². The molecule has 0 bridgehead atoms. The van der Waals surface area contributed by atoms with Crippen LogP contribution < -0.4 is 5.32 Å². The summed E-state index contributed by atoms with van der Waals surface area (Å²) in [4.78, 5) is 34.6. The maximum absolute atomic E-state index is 12.1. The minimum absolute atomic E-state index is 0.0818. The Labute approximate surface area is 232 Å². The number of unbranched alkanes of at least 4 members (excludes halogenated alkanes) is 5. The number of aliphatic hydroxyl groups excluding tert-OH is 1. The molecule has 3 atom stereocenters. The zero-order chi connectivity index (χ0) is 27.6. The Balaban J connectivity index is 0.000000323. The van der Waals surface area contributed by atoms with Crippen LogP contribution in [0.5, 0.6) is 0 Å². The first kappa shape index (κ1) is 32.9. The minimum atomic E-state index is -0.766. The topological polar surface area (TPSA) is 104 Å². The molecule has 6 nitrogen and oxygen atoms in total. The zero-order valence-electron chi connectivity index (χ0n) is 24.3. The van der Waals surface area contributed by atoms with E-state index < -0.39 is 12.1 Å². The summed E-state index contributed by atoms with van der Waals surface area (Å²) in [5, 5.41) is 22.6. The zero-order valence-corrected chi connectivity index (χ0v) is 24.3. The lowest BCUT2D eigenvalue weighted by molar-refractivity contribution is -0.137. The van der Waals surface area contributed by atoms with Crippen LogP contribution in [0.25, 0.3) is 0 Å². The Kier molecular flexibility index (Phi) is 17.1. The Morgan fingerprint density at radius 1 is 0.763 bits per heavy atom. The fourth-order valence-corrected chi connectivity index (χ4v) is 6.68. The first-order chi connectivity index (χ1) is 18.4. The Hall–Kier alpha value is -1.27. The van der Waals surface area contributed by atoms with Crippen molar-refractivity contribution in [3.8, 4) is 0 Å². The van der Waals surface area contributed by atoms with Crippen LogP contribution in [-0.2, 0) is 14.4 Å². The average molecular weight is 536 g/mol. The molecule has 3 rings (SSSR count). The van der Waals surface area contributed by atoms with Gasteiger partial charge in [0.15, 0.2) is 0 Å². The molecule has 0 radical (unpaired) electrons. The number of ketones is 2. The molecule has 6 heteroatoms. The summed E-state index contributed by atoms with van der Waals surface area (Å²) >= 11 is 0. The van der Waals surface area contributed by atoms with E-state index in [0.29, 0.717) is 25.7 Å². The molecule has 0 aromatic heterocycles. The molecule has 0 spiro atoms. The number of Topliss-reactive ketones (excluding diaryl/α,β-unsaturated/α-hetero) is 2. The molecule has 3 saturated carbocycles. The van der Waals surface area contributed by atoms with E-state index >= 15 is 0 Å². The number of rotatable bonds is 16. The van der Waals surface area contributed by atoms with Gasteiger partial charge in [0.2, 0.25) is 0 Å². The van der Waals surface area contributed by atoms with Gasteiger partial charge >= 0.3 is 5.97 Å². The van der Waals surface area contributed by atoms with Gasteiger partial charge in [-0.05, 0) is 57.3 Å². The molecule has 3 aliphatic carbocycles. The summed E-state index contributed by atoms with van der Waals surface area (Å²) in [6.07, 6.45) is 23.2. The number of hydrogen-bond acceptors (Lipinski definition) is 5. The lowest BCUT2D eigenvalue weighted by Gasteiger charge is -2.30. The van der Waals surface area contributed by atoms with Gasteiger partial charge in [0, 0.05) is 43.7 Å². The van der Waals surface area contributed by atoms with Crippen LogP contribution in [-0.4, -0.2) is 45.9 Å². The summed E-state index contributed by atoms with van der Waals surface area (Å²) < 4.78 is 0. The van der Waals surface area contributed by atoms with Crippen molar-refractivity contribution in [2.24, 2.45) is 11.8 Å². The summed E-state index contributed by atoms with van der Waals surface area (Å²) in [5.41, 5.74) is 0. The molecule has 38 heavy (non-hydrogen) atoms. The number of carbonyl (C=O) groups excluding carboxylic acids is 2. The Bertz CT molecular complexity index is 653. The summed E-state index contributed by atoms with van der Waals surface area (Å²) in [6, 6.07) is 1.74. The number of aliphatic carboxylic acids is 1. The van der Waals surface area contributed by atoms with Gasteiger partial charge in [-0.2, -0.15) is 0 Å². The lowest BCUT2D eigenvalue weighted by atomic mass is 9.85. The SMILES string of the molecule is C1CCC(NC2CCCCC2)CC1.CCCCCC(=O)CC[C@H]1[C@H](O)CC(=O)[C@@H]1CCCCCCC(=O)O.